The Bertz CT molecular complexity index is 731. The molecule has 0 bridgehead atoms. The topological polar surface area (TPSA) is 58.6 Å². The van der Waals surface area contributed by atoms with Gasteiger partial charge in [0.15, 0.2) is 0 Å². The summed E-state index contributed by atoms with van der Waals surface area (Å²) in [5, 5.41) is 0. The van der Waals surface area contributed by atoms with Crippen molar-refractivity contribution in [2.75, 3.05) is 27.2 Å². The van der Waals surface area contributed by atoms with Gasteiger partial charge in [0, 0.05) is 13.1 Å². The molecular formula is C18H24N2O3S. The molecule has 5 nitrogen and oxygen atoms in total. The van der Waals surface area contributed by atoms with E-state index in [-0.39, 0.29) is 12.3 Å². The van der Waals surface area contributed by atoms with Crippen LogP contribution in [0.4, 0.5) is 0 Å². The van der Waals surface area contributed by atoms with Gasteiger partial charge in [-0.15, -0.1) is 0 Å². The van der Waals surface area contributed by atoms with Crippen LogP contribution in [0, 0.1) is 0 Å². The van der Waals surface area contributed by atoms with E-state index in [2.05, 4.69) is 4.72 Å². The van der Waals surface area contributed by atoms with Crippen molar-refractivity contribution in [3.63, 3.8) is 0 Å². The number of sulfonamides is 1. The highest BCUT2D eigenvalue weighted by atomic mass is 32.2. The second kappa shape index (κ2) is 8.82. The number of likely N-dealkylation sites (N-methyl/N-ethyl adjacent to an activating group) is 1. The summed E-state index contributed by atoms with van der Waals surface area (Å²) in [6.07, 6.45) is 0. The van der Waals surface area contributed by atoms with Gasteiger partial charge in [-0.1, -0.05) is 42.5 Å². The van der Waals surface area contributed by atoms with Crippen LogP contribution in [-0.4, -0.2) is 40.6 Å². The number of benzene rings is 2. The van der Waals surface area contributed by atoms with Crippen molar-refractivity contribution in [1.82, 2.24) is 9.62 Å². The molecule has 2 aromatic carbocycles. The summed E-state index contributed by atoms with van der Waals surface area (Å²) in [5.74, 6) is 0.726. The van der Waals surface area contributed by atoms with Crippen molar-refractivity contribution in [3.8, 4) is 5.75 Å². The highest BCUT2D eigenvalue weighted by Gasteiger charge is 2.11. The maximum Gasteiger partial charge on any atom is 0.216 e. The number of rotatable bonds is 9. The quantitative estimate of drug-likeness (QED) is 0.755. The van der Waals surface area contributed by atoms with Gasteiger partial charge in [-0.25, -0.2) is 13.1 Å². The molecule has 0 heterocycles. The molecule has 0 saturated carbocycles. The molecule has 0 saturated heterocycles. The molecule has 2 rings (SSSR count). The Morgan fingerprint density at radius 1 is 1.00 bits per heavy atom. The zero-order valence-electron chi connectivity index (χ0n) is 14.1. The lowest BCUT2D eigenvalue weighted by atomic mass is 10.2. The third-order valence-electron chi connectivity index (χ3n) is 3.40. The summed E-state index contributed by atoms with van der Waals surface area (Å²) >= 11 is 0. The van der Waals surface area contributed by atoms with E-state index < -0.39 is 10.0 Å². The molecule has 0 radical (unpaired) electrons. The van der Waals surface area contributed by atoms with E-state index in [1.807, 2.05) is 61.5 Å². The molecule has 0 unspecified atom stereocenters. The van der Waals surface area contributed by atoms with E-state index in [9.17, 15) is 8.42 Å². The Hall–Kier alpha value is -1.89. The van der Waals surface area contributed by atoms with Crippen molar-refractivity contribution in [3.05, 3.63) is 65.7 Å². The minimum Gasteiger partial charge on any atom is -0.492 e. The summed E-state index contributed by atoms with van der Waals surface area (Å²) < 4.78 is 32.6. The van der Waals surface area contributed by atoms with Crippen LogP contribution in [0.25, 0.3) is 0 Å². The van der Waals surface area contributed by atoms with Gasteiger partial charge in [0.05, 0.1) is 5.75 Å². The fourth-order valence-electron chi connectivity index (χ4n) is 2.13. The molecule has 0 fully saturated rings. The Labute approximate surface area is 144 Å². The minimum absolute atomic E-state index is 0.0210. The van der Waals surface area contributed by atoms with Crippen LogP contribution in [0.1, 0.15) is 11.1 Å². The first-order valence-corrected chi connectivity index (χ1v) is 9.47. The summed E-state index contributed by atoms with van der Waals surface area (Å²) in [7, 11) is 0.603. The maximum atomic E-state index is 12.2. The van der Waals surface area contributed by atoms with Gasteiger partial charge in [0.25, 0.3) is 0 Å². The van der Waals surface area contributed by atoms with Gasteiger partial charge < -0.3 is 9.64 Å². The van der Waals surface area contributed by atoms with Crippen molar-refractivity contribution < 1.29 is 13.2 Å². The molecule has 0 spiro atoms. The molecule has 0 aromatic heterocycles. The van der Waals surface area contributed by atoms with E-state index in [1.54, 1.807) is 12.1 Å². The van der Waals surface area contributed by atoms with Crippen LogP contribution < -0.4 is 9.46 Å². The lowest BCUT2D eigenvalue weighted by molar-refractivity contribution is 0.261. The highest BCUT2D eigenvalue weighted by molar-refractivity contribution is 7.88. The Kier molecular flexibility index (Phi) is 6.78. The van der Waals surface area contributed by atoms with Crippen molar-refractivity contribution in [1.29, 1.82) is 0 Å². The third kappa shape index (κ3) is 6.70. The van der Waals surface area contributed by atoms with Crippen LogP contribution >= 0.6 is 0 Å². The van der Waals surface area contributed by atoms with E-state index in [1.165, 1.54) is 0 Å². The smallest absolute Gasteiger partial charge is 0.216 e. The maximum absolute atomic E-state index is 12.2. The lowest BCUT2D eigenvalue weighted by Crippen LogP contribution is -2.24. The highest BCUT2D eigenvalue weighted by Crippen LogP contribution is 2.14. The second-order valence-corrected chi connectivity index (χ2v) is 7.67. The molecule has 1 N–H and O–H groups in total. The monoisotopic (exact) mass is 348 g/mol. The van der Waals surface area contributed by atoms with Gasteiger partial charge in [-0.2, -0.15) is 0 Å². The largest absolute Gasteiger partial charge is 0.492 e. The Balaban J connectivity index is 1.89. The SMILES string of the molecule is CN(C)CCOc1cccc(CNS(=O)(=O)Cc2ccccc2)c1. The fourth-order valence-corrected chi connectivity index (χ4v) is 3.25. The lowest BCUT2D eigenvalue weighted by Gasteiger charge is -2.12. The fraction of sp³-hybridized carbons (Fsp3) is 0.333. The molecule has 6 heteroatoms. The number of nitrogens with zero attached hydrogens (tertiary/aromatic N) is 1. The number of ether oxygens (including phenoxy) is 1. The molecule has 0 atom stereocenters. The standard InChI is InChI=1S/C18H24N2O3S/c1-20(2)11-12-23-18-10-6-9-17(13-18)14-19-24(21,22)15-16-7-4-3-5-8-16/h3-10,13,19H,11-12,14-15H2,1-2H3. The average molecular weight is 348 g/mol. The Morgan fingerprint density at radius 3 is 2.42 bits per heavy atom. The van der Waals surface area contributed by atoms with E-state index in [0.717, 1.165) is 23.4 Å². The van der Waals surface area contributed by atoms with Crippen LogP contribution in [0.2, 0.25) is 0 Å². The second-order valence-electron chi connectivity index (χ2n) is 5.86. The van der Waals surface area contributed by atoms with Crippen molar-refractivity contribution in [2.45, 2.75) is 12.3 Å². The molecule has 0 aliphatic carbocycles. The van der Waals surface area contributed by atoms with Gasteiger partial charge >= 0.3 is 0 Å². The van der Waals surface area contributed by atoms with Crippen LogP contribution in [0.15, 0.2) is 54.6 Å². The van der Waals surface area contributed by atoms with Gasteiger partial charge in [-0.05, 0) is 37.4 Å². The first-order chi connectivity index (χ1) is 11.4. The number of hydrogen-bond acceptors (Lipinski definition) is 4. The van der Waals surface area contributed by atoms with Crippen LogP contribution in [-0.2, 0) is 22.3 Å². The molecule has 0 amide bonds. The Morgan fingerprint density at radius 2 is 1.71 bits per heavy atom. The van der Waals surface area contributed by atoms with Crippen molar-refractivity contribution in [2.24, 2.45) is 0 Å². The first-order valence-electron chi connectivity index (χ1n) is 7.82. The van der Waals surface area contributed by atoms with E-state index in [0.29, 0.717) is 6.61 Å². The predicted octanol–water partition coefficient (Wildman–Crippen LogP) is 2.25. The van der Waals surface area contributed by atoms with E-state index >= 15 is 0 Å². The zero-order chi connectivity index (χ0) is 17.4. The molecule has 130 valence electrons. The molecular weight excluding hydrogens is 324 g/mol. The van der Waals surface area contributed by atoms with Crippen LogP contribution in [0.3, 0.4) is 0 Å². The van der Waals surface area contributed by atoms with Crippen LogP contribution in [0.5, 0.6) is 5.75 Å². The number of hydrogen-bond donors (Lipinski definition) is 1. The minimum atomic E-state index is -3.37. The molecule has 24 heavy (non-hydrogen) atoms. The summed E-state index contributed by atoms with van der Waals surface area (Å²) in [6.45, 7) is 1.67. The summed E-state index contributed by atoms with van der Waals surface area (Å²) in [4.78, 5) is 2.04. The van der Waals surface area contributed by atoms with Gasteiger partial charge in [0.2, 0.25) is 10.0 Å². The van der Waals surface area contributed by atoms with Gasteiger partial charge in [-0.3, -0.25) is 0 Å². The molecule has 2 aromatic rings. The third-order valence-corrected chi connectivity index (χ3v) is 4.70. The summed E-state index contributed by atoms with van der Waals surface area (Å²) in [6, 6.07) is 16.6. The number of nitrogens with one attached hydrogen (secondary N) is 1. The molecule has 0 aliphatic heterocycles. The zero-order valence-corrected chi connectivity index (χ0v) is 14.9. The predicted molar refractivity (Wildman–Crippen MR) is 96.4 cm³/mol. The average Bonchev–Trinajstić information content (AvgIpc) is 2.54. The molecule has 0 aliphatic rings. The van der Waals surface area contributed by atoms with Crippen molar-refractivity contribution >= 4 is 10.0 Å². The van der Waals surface area contributed by atoms with Gasteiger partial charge in [0.1, 0.15) is 12.4 Å². The first kappa shape index (κ1) is 18.4. The van der Waals surface area contributed by atoms with E-state index in [4.69, 9.17) is 4.74 Å². The summed E-state index contributed by atoms with van der Waals surface area (Å²) in [5.41, 5.74) is 1.64. The normalized spacial score (nSPS) is 11.6.